The molecule has 0 radical (unpaired) electrons. The molecule has 0 amide bonds. The van der Waals surface area contributed by atoms with Crippen molar-refractivity contribution in [2.45, 2.75) is 57.5 Å². The molecule has 7 heteroatoms. The Morgan fingerprint density at radius 1 is 1.15 bits per heavy atom. The third-order valence-corrected chi connectivity index (χ3v) is 6.86. The Balaban J connectivity index is 1.47. The van der Waals surface area contributed by atoms with Crippen molar-refractivity contribution >= 4 is 11.8 Å². The Labute approximate surface area is 197 Å². The number of hydrogen-bond donors (Lipinski definition) is 1. The van der Waals surface area contributed by atoms with E-state index in [9.17, 15) is 14.0 Å². The van der Waals surface area contributed by atoms with Crippen molar-refractivity contribution < 1.29 is 27.9 Å². The first-order valence-electron chi connectivity index (χ1n) is 11.7. The molecule has 3 atom stereocenters. The summed E-state index contributed by atoms with van der Waals surface area (Å²) in [4.78, 5) is 26.8. The van der Waals surface area contributed by atoms with Crippen LogP contribution in [-0.2, 0) is 19.1 Å². The van der Waals surface area contributed by atoms with Crippen LogP contribution in [0.1, 0.15) is 61.5 Å². The number of rotatable bonds is 5. The van der Waals surface area contributed by atoms with Gasteiger partial charge in [-0.25, -0.2) is 9.18 Å². The maximum atomic E-state index is 13.5. The number of nitrogens with one attached hydrogen (secondary N) is 1. The molecule has 0 bridgehead atoms. The van der Waals surface area contributed by atoms with Crippen LogP contribution in [0, 0.1) is 12.7 Å². The van der Waals surface area contributed by atoms with E-state index >= 15 is 0 Å². The van der Waals surface area contributed by atoms with Gasteiger partial charge in [-0.05, 0) is 68.9 Å². The molecule has 2 aliphatic heterocycles. The molecular weight excluding hydrogens is 437 g/mol. The van der Waals surface area contributed by atoms with Crippen LogP contribution in [0.3, 0.4) is 0 Å². The largest absolute Gasteiger partial charge is 0.465 e. The van der Waals surface area contributed by atoms with E-state index in [2.05, 4.69) is 5.32 Å². The van der Waals surface area contributed by atoms with E-state index in [1.54, 1.807) is 12.1 Å². The van der Waals surface area contributed by atoms with Gasteiger partial charge in [0, 0.05) is 30.0 Å². The van der Waals surface area contributed by atoms with E-state index < -0.39 is 11.9 Å². The summed E-state index contributed by atoms with van der Waals surface area (Å²) in [6.45, 7) is 4.52. The van der Waals surface area contributed by atoms with Gasteiger partial charge >= 0.3 is 5.97 Å². The molecule has 1 aliphatic carbocycles. The van der Waals surface area contributed by atoms with Crippen molar-refractivity contribution in [1.29, 1.82) is 0 Å². The van der Waals surface area contributed by atoms with Crippen LogP contribution in [-0.4, -0.2) is 31.1 Å². The highest BCUT2D eigenvalue weighted by atomic mass is 19.1. The fourth-order valence-corrected chi connectivity index (χ4v) is 5.20. The number of ether oxygens (including phenoxy) is 2. The van der Waals surface area contributed by atoms with Crippen molar-refractivity contribution in [3.05, 3.63) is 81.8 Å². The van der Waals surface area contributed by atoms with Gasteiger partial charge in [0.15, 0.2) is 5.78 Å². The number of halogens is 1. The molecule has 1 aromatic heterocycles. The Hall–Kier alpha value is -3.19. The van der Waals surface area contributed by atoms with Gasteiger partial charge in [-0.15, -0.1) is 0 Å². The highest BCUT2D eigenvalue weighted by Gasteiger charge is 2.43. The molecular formula is C27H28FNO5. The van der Waals surface area contributed by atoms with Crippen LogP contribution in [0.25, 0.3) is 0 Å². The third-order valence-electron chi connectivity index (χ3n) is 6.86. The van der Waals surface area contributed by atoms with Crippen LogP contribution in [0.2, 0.25) is 0 Å². The van der Waals surface area contributed by atoms with Crippen LogP contribution < -0.4 is 5.32 Å². The number of allylic oxidation sites excluding steroid dienone is 3. The molecule has 0 saturated carbocycles. The van der Waals surface area contributed by atoms with Crippen LogP contribution in [0.4, 0.5) is 4.39 Å². The van der Waals surface area contributed by atoms with Crippen molar-refractivity contribution in [1.82, 2.24) is 5.32 Å². The minimum atomic E-state index is -0.636. The van der Waals surface area contributed by atoms with Gasteiger partial charge in [0.25, 0.3) is 0 Å². The van der Waals surface area contributed by atoms with E-state index in [0.717, 1.165) is 24.1 Å². The van der Waals surface area contributed by atoms with E-state index in [4.69, 9.17) is 13.9 Å². The standard InChI is InChI=1S/C27H28FNO5/c1-15-5-10-23(34-15)26-24(27(31)33-14-20-4-3-11-32-20)16(2)29-21-12-18(13-22(30)25(21)26)17-6-8-19(28)9-7-17/h5-10,18,20,26,29H,3-4,11-14H2,1-2H3/t18-,20+,26-/m0/s1. The van der Waals surface area contributed by atoms with Gasteiger partial charge in [0.05, 0.1) is 17.6 Å². The number of hydrogen-bond acceptors (Lipinski definition) is 6. The topological polar surface area (TPSA) is 77.8 Å². The molecule has 6 nitrogen and oxygen atoms in total. The SMILES string of the molecule is CC1=C(C(=O)OC[C@H]2CCCO2)[C@H](c2ccc(C)o2)C2=C(C[C@H](c3ccc(F)cc3)CC2=O)N1. The Morgan fingerprint density at radius 3 is 2.62 bits per heavy atom. The zero-order valence-corrected chi connectivity index (χ0v) is 19.4. The van der Waals surface area contributed by atoms with Gasteiger partial charge in [-0.1, -0.05) is 12.1 Å². The van der Waals surface area contributed by atoms with Crippen molar-refractivity contribution in [3.8, 4) is 0 Å². The lowest BCUT2D eigenvalue weighted by atomic mass is 9.73. The second-order valence-corrected chi connectivity index (χ2v) is 9.25. The number of benzene rings is 1. The first kappa shape index (κ1) is 22.6. The van der Waals surface area contributed by atoms with Crippen molar-refractivity contribution in [2.75, 3.05) is 13.2 Å². The maximum absolute atomic E-state index is 13.5. The first-order chi connectivity index (χ1) is 16.4. The lowest BCUT2D eigenvalue weighted by Gasteiger charge is -2.35. The quantitative estimate of drug-likeness (QED) is 0.639. The zero-order valence-electron chi connectivity index (χ0n) is 19.4. The third kappa shape index (κ3) is 4.32. The van der Waals surface area contributed by atoms with Gasteiger partial charge < -0.3 is 19.2 Å². The molecule has 3 heterocycles. The lowest BCUT2D eigenvalue weighted by Crippen LogP contribution is -2.36. The molecule has 34 heavy (non-hydrogen) atoms. The minimum Gasteiger partial charge on any atom is -0.465 e. The zero-order chi connectivity index (χ0) is 23.8. The normalized spacial score (nSPS) is 24.8. The summed E-state index contributed by atoms with van der Waals surface area (Å²) in [7, 11) is 0. The van der Waals surface area contributed by atoms with Gasteiger partial charge in [0.1, 0.15) is 23.9 Å². The number of carbonyl (C=O) groups is 2. The smallest absolute Gasteiger partial charge is 0.336 e. The Morgan fingerprint density at radius 2 is 1.94 bits per heavy atom. The number of furan rings is 1. The van der Waals surface area contributed by atoms with E-state index in [1.165, 1.54) is 12.1 Å². The molecule has 0 spiro atoms. The summed E-state index contributed by atoms with van der Waals surface area (Å²) >= 11 is 0. The van der Waals surface area contributed by atoms with Gasteiger partial charge in [-0.2, -0.15) is 0 Å². The summed E-state index contributed by atoms with van der Waals surface area (Å²) in [6.07, 6.45) is 2.59. The first-order valence-corrected chi connectivity index (χ1v) is 11.7. The number of aryl methyl sites for hydroxylation is 1. The molecule has 3 aliphatic rings. The average molecular weight is 466 g/mol. The van der Waals surface area contributed by atoms with E-state index in [1.807, 2.05) is 26.0 Å². The fourth-order valence-electron chi connectivity index (χ4n) is 5.20. The van der Waals surface area contributed by atoms with Crippen LogP contribution in [0.5, 0.6) is 0 Å². The summed E-state index contributed by atoms with van der Waals surface area (Å²) in [5.41, 5.74) is 3.26. The fraction of sp³-hybridized carbons (Fsp3) is 0.407. The van der Waals surface area contributed by atoms with Gasteiger partial charge in [-0.3, -0.25) is 4.79 Å². The number of esters is 1. The molecule has 178 valence electrons. The molecule has 0 unspecified atom stereocenters. The maximum Gasteiger partial charge on any atom is 0.336 e. The number of carbonyl (C=O) groups excluding carboxylic acids is 2. The molecule has 1 fully saturated rings. The molecule has 5 rings (SSSR count). The highest BCUT2D eigenvalue weighted by Crippen LogP contribution is 2.46. The average Bonchev–Trinajstić information content (AvgIpc) is 3.48. The van der Waals surface area contributed by atoms with Crippen LogP contribution >= 0.6 is 0 Å². The molecule has 1 saturated heterocycles. The summed E-state index contributed by atoms with van der Waals surface area (Å²) in [5.74, 6) is -0.294. The van der Waals surface area contributed by atoms with Crippen molar-refractivity contribution in [2.24, 2.45) is 0 Å². The Bertz CT molecular complexity index is 1170. The summed E-state index contributed by atoms with van der Waals surface area (Å²) in [5, 5.41) is 3.32. The minimum absolute atomic E-state index is 0.0564. The monoisotopic (exact) mass is 465 g/mol. The highest BCUT2D eigenvalue weighted by molar-refractivity contribution is 6.04. The molecule has 1 aromatic carbocycles. The number of dihydropyridines is 1. The second kappa shape index (κ2) is 9.22. The summed E-state index contributed by atoms with van der Waals surface area (Å²) in [6, 6.07) is 9.93. The Kier molecular flexibility index (Phi) is 6.13. The van der Waals surface area contributed by atoms with Crippen LogP contribution in [0.15, 0.2) is 63.4 Å². The predicted molar refractivity (Wildman–Crippen MR) is 122 cm³/mol. The number of Topliss-reactive ketones (excluding diaryl/α,β-unsaturated/α-hetero) is 1. The molecule has 2 aromatic rings. The van der Waals surface area contributed by atoms with Crippen molar-refractivity contribution in [3.63, 3.8) is 0 Å². The summed E-state index contributed by atoms with van der Waals surface area (Å²) < 4.78 is 30.6. The predicted octanol–water partition coefficient (Wildman–Crippen LogP) is 4.81. The van der Waals surface area contributed by atoms with E-state index in [0.29, 0.717) is 41.4 Å². The lowest BCUT2D eigenvalue weighted by molar-refractivity contribution is -0.142. The van der Waals surface area contributed by atoms with E-state index in [-0.39, 0.29) is 36.7 Å². The number of ketones is 1. The second-order valence-electron chi connectivity index (χ2n) is 9.25. The van der Waals surface area contributed by atoms with Gasteiger partial charge in [0.2, 0.25) is 0 Å². The molecule has 1 N–H and O–H groups in total.